The number of imidazole rings is 1. The molecule has 0 unspecified atom stereocenters. The average molecular weight is 490 g/mol. The van der Waals surface area contributed by atoms with Crippen molar-refractivity contribution in [2.75, 3.05) is 13.1 Å². The Labute approximate surface area is 182 Å². The molecule has 1 N–H and O–H groups in total. The molecule has 0 atom stereocenters. The molecule has 0 spiro atoms. The Morgan fingerprint density at radius 1 is 1.10 bits per heavy atom. The molecule has 0 saturated carbocycles. The molecule has 0 radical (unpaired) electrons. The SMILES string of the molecule is CCN(CC)S(=O)(=O)c1ccc2nc(Cn3nnc(-c4ccc(Br)cc4)n3)[nH]c2c1. The molecule has 2 heterocycles. The molecule has 0 fully saturated rings. The van der Waals surface area contributed by atoms with Gasteiger partial charge in [-0.2, -0.15) is 9.10 Å². The fourth-order valence-electron chi connectivity index (χ4n) is 3.15. The van der Waals surface area contributed by atoms with Gasteiger partial charge in [0.15, 0.2) is 0 Å². The second-order valence-corrected chi connectivity index (χ2v) is 9.46. The van der Waals surface area contributed by atoms with Crippen molar-refractivity contribution in [3.8, 4) is 11.4 Å². The Balaban J connectivity index is 1.58. The number of aromatic nitrogens is 6. The zero-order chi connectivity index (χ0) is 21.3. The topological polar surface area (TPSA) is 110 Å². The highest BCUT2D eigenvalue weighted by atomic mass is 79.9. The molecule has 0 aliphatic carbocycles. The first-order chi connectivity index (χ1) is 14.4. The van der Waals surface area contributed by atoms with Crippen molar-refractivity contribution in [2.24, 2.45) is 0 Å². The van der Waals surface area contributed by atoms with Crippen LogP contribution < -0.4 is 0 Å². The normalized spacial score (nSPS) is 12.1. The summed E-state index contributed by atoms with van der Waals surface area (Å²) in [5, 5.41) is 12.6. The van der Waals surface area contributed by atoms with Crippen LogP contribution in [0.25, 0.3) is 22.4 Å². The highest BCUT2D eigenvalue weighted by Crippen LogP contribution is 2.21. The fraction of sp³-hybridized carbons (Fsp3) is 0.263. The minimum Gasteiger partial charge on any atom is -0.340 e. The number of tetrazole rings is 1. The summed E-state index contributed by atoms with van der Waals surface area (Å²) in [5.74, 6) is 1.13. The Bertz CT molecular complexity index is 1280. The Morgan fingerprint density at radius 2 is 1.83 bits per heavy atom. The number of rotatable bonds is 7. The first-order valence-electron chi connectivity index (χ1n) is 9.43. The van der Waals surface area contributed by atoms with Crippen LogP contribution in [-0.4, -0.2) is 56.0 Å². The van der Waals surface area contributed by atoms with Gasteiger partial charge in [0.1, 0.15) is 12.4 Å². The molecule has 2 aromatic carbocycles. The summed E-state index contributed by atoms with van der Waals surface area (Å²) in [4.78, 5) is 9.36. The third-order valence-electron chi connectivity index (χ3n) is 4.69. The number of H-pyrrole nitrogens is 1. The van der Waals surface area contributed by atoms with Crippen LogP contribution in [0, 0.1) is 0 Å². The van der Waals surface area contributed by atoms with Gasteiger partial charge in [-0.25, -0.2) is 13.4 Å². The predicted octanol–water partition coefficient (Wildman–Crippen LogP) is 3.06. The van der Waals surface area contributed by atoms with Gasteiger partial charge in [0.2, 0.25) is 15.8 Å². The predicted molar refractivity (Wildman–Crippen MR) is 116 cm³/mol. The molecular formula is C19H20BrN7O2S. The smallest absolute Gasteiger partial charge is 0.243 e. The van der Waals surface area contributed by atoms with Crippen molar-refractivity contribution in [2.45, 2.75) is 25.3 Å². The lowest BCUT2D eigenvalue weighted by Gasteiger charge is -2.18. The van der Waals surface area contributed by atoms with Crippen molar-refractivity contribution < 1.29 is 8.42 Å². The van der Waals surface area contributed by atoms with Crippen LogP contribution in [0.2, 0.25) is 0 Å². The average Bonchev–Trinajstić information content (AvgIpc) is 3.35. The summed E-state index contributed by atoms with van der Waals surface area (Å²) in [6, 6.07) is 12.5. The summed E-state index contributed by atoms with van der Waals surface area (Å²) in [7, 11) is -3.53. The van der Waals surface area contributed by atoms with Crippen LogP contribution in [0.4, 0.5) is 0 Å². The third-order valence-corrected chi connectivity index (χ3v) is 7.27. The van der Waals surface area contributed by atoms with Crippen molar-refractivity contribution >= 4 is 37.0 Å². The number of hydrogen-bond acceptors (Lipinski definition) is 6. The van der Waals surface area contributed by atoms with E-state index in [1.807, 2.05) is 38.1 Å². The minimum absolute atomic E-state index is 0.241. The summed E-state index contributed by atoms with van der Waals surface area (Å²) in [6.07, 6.45) is 0. The summed E-state index contributed by atoms with van der Waals surface area (Å²) >= 11 is 3.40. The molecule has 0 bridgehead atoms. The largest absolute Gasteiger partial charge is 0.340 e. The zero-order valence-corrected chi connectivity index (χ0v) is 18.9. The van der Waals surface area contributed by atoms with Gasteiger partial charge in [-0.05, 0) is 47.7 Å². The van der Waals surface area contributed by atoms with Crippen LogP contribution in [0.5, 0.6) is 0 Å². The lowest BCUT2D eigenvalue weighted by molar-refractivity contribution is 0.445. The number of halogens is 1. The number of benzene rings is 2. The standard InChI is InChI=1S/C19H20BrN7O2S/c1-3-26(4-2)30(28,29)15-9-10-16-17(11-15)22-18(21-16)12-27-24-19(23-25-27)13-5-7-14(20)8-6-13/h5-11H,3-4,12H2,1-2H3,(H,21,22). The first kappa shape index (κ1) is 20.6. The maximum absolute atomic E-state index is 12.8. The van der Waals surface area contributed by atoms with Gasteiger partial charge >= 0.3 is 0 Å². The molecule has 11 heteroatoms. The Morgan fingerprint density at radius 3 is 2.53 bits per heavy atom. The number of fused-ring (bicyclic) bond motifs is 1. The molecule has 2 aromatic heterocycles. The second-order valence-electron chi connectivity index (χ2n) is 6.60. The van der Waals surface area contributed by atoms with Crippen molar-refractivity contribution in [3.63, 3.8) is 0 Å². The second kappa shape index (κ2) is 8.25. The van der Waals surface area contributed by atoms with E-state index in [1.165, 1.54) is 9.10 Å². The molecular weight excluding hydrogens is 470 g/mol. The maximum Gasteiger partial charge on any atom is 0.243 e. The van der Waals surface area contributed by atoms with E-state index in [2.05, 4.69) is 41.3 Å². The fourth-order valence-corrected chi connectivity index (χ4v) is 4.90. The quantitative estimate of drug-likeness (QED) is 0.427. The van der Waals surface area contributed by atoms with Gasteiger partial charge in [-0.1, -0.05) is 29.8 Å². The van der Waals surface area contributed by atoms with E-state index in [9.17, 15) is 8.42 Å². The van der Waals surface area contributed by atoms with Crippen LogP contribution in [0.15, 0.2) is 51.8 Å². The molecule has 0 amide bonds. The molecule has 4 rings (SSSR count). The highest BCUT2D eigenvalue weighted by molar-refractivity contribution is 9.10. The Kier molecular flexibility index (Phi) is 5.67. The van der Waals surface area contributed by atoms with Crippen LogP contribution >= 0.6 is 15.9 Å². The zero-order valence-electron chi connectivity index (χ0n) is 16.4. The number of nitrogens with zero attached hydrogens (tertiary/aromatic N) is 6. The van der Waals surface area contributed by atoms with Gasteiger partial charge < -0.3 is 4.98 Å². The van der Waals surface area contributed by atoms with E-state index in [4.69, 9.17) is 0 Å². The Hall–Kier alpha value is -2.63. The van der Waals surface area contributed by atoms with E-state index in [0.717, 1.165) is 10.0 Å². The van der Waals surface area contributed by atoms with Crippen molar-refractivity contribution in [1.29, 1.82) is 0 Å². The van der Waals surface area contributed by atoms with E-state index < -0.39 is 10.0 Å². The van der Waals surface area contributed by atoms with Gasteiger partial charge in [0.25, 0.3) is 0 Å². The van der Waals surface area contributed by atoms with E-state index >= 15 is 0 Å². The molecule has 9 nitrogen and oxygen atoms in total. The van der Waals surface area contributed by atoms with E-state index in [1.54, 1.807) is 18.2 Å². The first-order valence-corrected chi connectivity index (χ1v) is 11.7. The molecule has 0 aliphatic heterocycles. The molecule has 30 heavy (non-hydrogen) atoms. The molecule has 4 aromatic rings. The van der Waals surface area contributed by atoms with Gasteiger partial charge in [0.05, 0.1) is 15.9 Å². The molecule has 0 saturated heterocycles. The third kappa shape index (κ3) is 4.00. The monoisotopic (exact) mass is 489 g/mol. The van der Waals surface area contributed by atoms with Crippen molar-refractivity contribution in [3.05, 3.63) is 52.8 Å². The number of aromatic amines is 1. The molecule has 0 aliphatic rings. The highest BCUT2D eigenvalue weighted by Gasteiger charge is 2.22. The molecule has 156 valence electrons. The number of sulfonamides is 1. The van der Waals surface area contributed by atoms with E-state index in [0.29, 0.717) is 35.8 Å². The maximum atomic E-state index is 12.8. The van der Waals surface area contributed by atoms with E-state index in [-0.39, 0.29) is 11.4 Å². The van der Waals surface area contributed by atoms with Gasteiger partial charge in [0, 0.05) is 23.1 Å². The van der Waals surface area contributed by atoms with Gasteiger partial charge in [-0.3, -0.25) is 0 Å². The van der Waals surface area contributed by atoms with Crippen LogP contribution in [0.3, 0.4) is 0 Å². The number of hydrogen-bond donors (Lipinski definition) is 1. The van der Waals surface area contributed by atoms with Crippen molar-refractivity contribution in [1.82, 2.24) is 34.5 Å². The lowest BCUT2D eigenvalue weighted by atomic mass is 10.2. The summed E-state index contributed by atoms with van der Waals surface area (Å²) < 4.78 is 27.9. The number of nitrogens with one attached hydrogen (secondary N) is 1. The van der Waals surface area contributed by atoms with Crippen LogP contribution in [-0.2, 0) is 16.6 Å². The van der Waals surface area contributed by atoms with Gasteiger partial charge in [-0.15, -0.1) is 10.2 Å². The summed E-state index contributed by atoms with van der Waals surface area (Å²) in [6.45, 7) is 4.77. The van der Waals surface area contributed by atoms with Crippen LogP contribution in [0.1, 0.15) is 19.7 Å². The summed E-state index contributed by atoms with van der Waals surface area (Å²) in [5.41, 5.74) is 2.18. The lowest BCUT2D eigenvalue weighted by Crippen LogP contribution is -2.30. The minimum atomic E-state index is -3.53.